The summed E-state index contributed by atoms with van der Waals surface area (Å²) in [7, 11) is 0. The topological polar surface area (TPSA) is 20.2 Å². The Morgan fingerprint density at radius 1 is 0.947 bits per heavy atom. The van der Waals surface area contributed by atoms with Gasteiger partial charge in [-0.05, 0) is 47.9 Å². The van der Waals surface area contributed by atoms with Gasteiger partial charge in [0.1, 0.15) is 0 Å². The van der Waals surface area contributed by atoms with Crippen molar-refractivity contribution in [2.45, 2.75) is 19.3 Å². The van der Waals surface area contributed by atoms with Gasteiger partial charge in [-0.2, -0.15) is 0 Å². The van der Waals surface area contributed by atoms with Crippen LogP contribution in [0.5, 0.6) is 0 Å². The average molecular weight is 248 g/mol. The van der Waals surface area contributed by atoms with Crippen molar-refractivity contribution in [1.29, 1.82) is 0 Å². The molecule has 0 saturated carbocycles. The minimum atomic E-state index is 0.245. The molecule has 0 unspecified atom stereocenters. The number of hydrogen-bond donors (Lipinski definition) is 1. The summed E-state index contributed by atoms with van der Waals surface area (Å²) in [4.78, 5) is 0. The van der Waals surface area contributed by atoms with Crippen molar-refractivity contribution in [3.05, 3.63) is 47.5 Å². The largest absolute Gasteiger partial charge is 0.396 e. The van der Waals surface area contributed by atoms with Crippen LogP contribution in [0.15, 0.2) is 36.4 Å². The van der Waals surface area contributed by atoms with Crippen molar-refractivity contribution in [1.82, 2.24) is 0 Å². The Hall–Kier alpha value is -2.22. The molecule has 19 heavy (non-hydrogen) atoms. The van der Waals surface area contributed by atoms with Crippen LogP contribution in [0.2, 0.25) is 0 Å². The van der Waals surface area contributed by atoms with Crippen molar-refractivity contribution in [2.75, 3.05) is 6.61 Å². The number of terminal acetylenes is 1. The van der Waals surface area contributed by atoms with E-state index in [1.54, 1.807) is 0 Å². The van der Waals surface area contributed by atoms with E-state index in [-0.39, 0.29) is 6.61 Å². The number of rotatable bonds is 3. The summed E-state index contributed by atoms with van der Waals surface area (Å²) in [5, 5.41) is 11.0. The Morgan fingerprint density at radius 2 is 1.63 bits per heavy atom. The van der Waals surface area contributed by atoms with Gasteiger partial charge in [-0.15, -0.1) is 6.42 Å². The van der Waals surface area contributed by atoms with Crippen LogP contribution in [0.1, 0.15) is 30.4 Å². The molecule has 1 N–H and O–H groups in total. The lowest BCUT2D eigenvalue weighted by atomic mass is 10.0. The van der Waals surface area contributed by atoms with Crippen LogP contribution in [0.25, 0.3) is 10.8 Å². The second-order valence-corrected chi connectivity index (χ2v) is 4.40. The minimum Gasteiger partial charge on any atom is -0.396 e. The van der Waals surface area contributed by atoms with Gasteiger partial charge < -0.3 is 5.11 Å². The van der Waals surface area contributed by atoms with Crippen LogP contribution >= 0.6 is 0 Å². The summed E-state index contributed by atoms with van der Waals surface area (Å²) in [6, 6.07) is 12.1. The van der Waals surface area contributed by atoms with E-state index in [0.29, 0.717) is 0 Å². The third-order valence-electron chi connectivity index (χ3n) is 2.95. The molecule has 2 aromatic carbocycles. The maximum atomic E-state index is 8.68. The molecule has 0 fully saturated rings. The molecule has 0 aliphatic heterocycles. The fourth-order valence-electron chi connectivity index (χ4n) is 1.90. The standard InChI is InChI=1S/C18H16O/c1-2-15-8-10-18-14-16(9-11-17(18)13-15)7-5-3-4-6-12-19/h1,8-11,13-14,19H,3-4,6,12H2. The van der Waals surface area contributed by atoms with E-state index in [0.717, 1.165) is 41.2 Å². The molecule has 0 spiro atoms. The molecule has 94 valence electrons. The number of hydrogen-bond acceptors (Lipinski definition) is 1. The first kappa shape index (κ1) is 13.2. The van der Waals surface area contributed by atoms with Crippen LogP contribution in [0.3, 0.4) is 0 Å². The van der Waals surface area contributed by atoms with Crippen LogP contribution < -0.4 is 0 Å². The van der Waals surface area contributed by atoms with Gasteiger partial charge >= 0.3 is 0 Å². The summed E-state index contributed by atoms with van der Waals surface area (Å²) in [5.41, 5.74) is 1.92. The van der Waals surface area contributed by atoms with Crippen molar-refractivity contribution in [3.8, 4) is 24.2 Å². The smallest absolute Gasteiger partial charge is 0.0431 e. The highest BCUT2D eigenvalue weighted by atomic mass is 16.2. The summed E-state index contributed by atoms with van der Waals surface area (Å²) < 4.78 is 0. The van der Waals surface area contributed by atoms with E-state index < -0.39 is 0 Å². The predicted octanol–water partition coefficient (Wildman–Crippen LogP) is 3.34. The fourth-order valence-corrected chi connectivity index (χ4v) is 1.90. The van der Waals surface area contributed by atoms with Gasteiger partial charge in [0.05, 0.1) is 0 Å². The second kappa shape index (κ2) is 6.64. The first-order valence-electron chi connectivity index (χ1n) is 6.43. The Kier molecular flexibility index (Phi) is 4.62. The summed E-state index contributed by atoms with van der Waals surface area (Å²) >= 11 is 0. The number of benzene rings is 2. The molecular weight excluding hydrogens is 232 g/mol. The van der Waals surface area contributed by atoms with E-state index in [1.165, 1.54) is 0 Å². The normalized spacial score (nSPS) is 9.68. The zero-order valence-electron chi connectivity index (χ0n) is 10.8. The van der Waals surface area contributed by atoms with Crippen molar-refractivity contribution in [2.24, 2.45) is 0 Å². The molecule has 2 aromatic rings. The SMILES string of the molecule is C#Cc1ccc2cc(C#CCCCCO)ccc2c1. The predicted molar refractivity (Wildman–Crippen MR) is 79.7 cm³/mol. The summed E-state index contributed by atoms with van der Waals surface area (Å²) in [6.45, 7) is 0.245. The molecule has 0 amide bonds. The quantitative estimate of drug-likeness (QED) is 0.652. The summed E-state index contributed by atoms with van der Waals surface area (Å²) in [6.07, 6.45) is 7.98. The van der Waals surface area contributed by atoms with Gasteiger partial charge in [-0.25, -0.2) is 0 Å². The van der Waals surface area contributed by atoms with Crippen LogP contribution in [0.4, 0.5) is 0 Å². The van der Waals surface area contributed by atoms with Gasteiger partial charge in [0.25, 0.3) is 0 Å². The Bertz CT molecular complexity index is 665. The fraction of sp³-hybridized carbons (Fsp3) is 0.222. The number of aliphatic hydroxyl groups excluding tert-OH is 1. The molecule has 1 nitrogen and oxygen atoms in total. The van der Waals surface area contributed by atoms with E-state index in [1.807, 2.05) is 30.3 Å². The minimum absolute atomic E-state index is 0.245. The van der Waals surface area contributed by atoms with Gasteiger partial charge in [-0.3, -0.25) is 0 Å². The number of aliphatic hydroxyl groups is 1. The highest BCUT2D eigenvalue weighted by Gasteiger charge is 1.95. The van der Waals surface area contributed by atoms with E-state index in [2.05, 4.69) is 23.8 Å². The molecule has 0 aromatic heterocycles. The van der Waals surface area contributed by atoms with Crippen LogP contribution in [-0.2, 0) is 0 Å². The first-order chi connectivity index (χ1) is 9.33. The molecule has 0 radical (unpaired) electrons. The molecule has 0 saturated heterocycles. The maximum absolute atomic E-state index is 8.68. The molecule has 0 aliphatic carbocycles. The number of fused-ring (bicyclic) bond motifs is 1. The van der Waals surface area contributed by atoms with Gasteiger partial charge in [-0.1, -0.05) is 29.9 Å². The molecule has 2 rings (SSSR count). The van der Waals surface area contributed by atoms with Gasteiger partial charge in [0.2, 0.25) is 0 Å². The van der Waals surface area contributed by atoms with Crippen molar-refractivity contribution in [3.63, 3.8) is 0 Å². The van der Waals surface area contributed by atoms with E-state index in [9.17, 15) is 0 Å². The van der Waals surface area contributed by atoms with E-state index in [4.69, 9.17) is 11.5 Å². The van der Waals surface area contributed by atoms with Gasteiger partial charge in [0.15, 0.2) is 0 Å². The lowest BCUT2D eigenvalue weighted by molar-refractivity contribution is 0.285. The summed E-state index contributed by atoms with van der Waals surface area (Å²) in [5.74, 6) is 8.92. The van der Waals surface area contributed by atoms with Crippen LogP contribution in [0, 0.1) is 24.2 Å². The monoisotopic (exact) mass is 248 g/mol. The number of unbranched alkanes of at least 4 members (excludes halogenated alkanes) is 2. The highest BCUT2D eigenvalue weighted by molar-refractivity contribution is 5.85. The molecular formula is C18H16O. The van der Waals surface area contributed by atoms with Crippen LogP contribution in [-0.4, -0.2) is 11.7 Å². The zero-order valence-corrected chi connectivity index (χ0v) is 10.8. The Morgan fingerprint density at radius 3 is 2.32 bits per heavy atom. The Balaban J connectivity index is 2.16. The molecule has 0 aliphatic rings. The molecule has 0 bridgehead atoms. The lowest BCUT2D eigenvalue weighted by Gasteiger charge is -1.99. The zero-order chi connectivity index (χ0) is 13.5. The molecule has 1 heteroatoms. The van der Waals surface area contributed by atoms with Crippen molar-refractivity contribution >= 4 is 10.8 Å². The Labute approximate surface area is 114 Å². The second-order valence-electron chi connectivity index (χ2n) is 4.40. The molecule has 0 atom stereocenters. The van der Waals surface area contributed by atoms with Crippen molar-refractivity contribution < 1.29 is 5.11 Å². The third kappa shape index (κ3) is 3.62. The third-order valence-corrected chi connectivity index (χ3v) is 2.95. The lowest BCUT2D eigenvalue weighted by Crippen LogP contribution is -1.81. The maximum Gasteiger partial charge on any atom is 0.0431 e. The average Bonchev–Trinajstić information content (AvgIpc) is 2.46. The molecule has 0 heterocycles. The van der Waals surface area contributed by atoms with Gasteiger partial charge in [0, 0.05) is 24.2 Å². The van der Waals surface area contributed by atoms with E-state index >= 15 is 0 Å². The highest BCUT2D eigenvalue weighted by Crippen LogP contribution is 2.17. The first-order valence-corrected chi connectivity index (χ1v) is 6.43.